The van der Waals surface area contributed by atoms with Crippen LogP contribution in [0.15, 0.2) is 70.7 Å². The molecular weight excluding hydrogens is 410 g/mol. The number of thiazole rings is 1. The predicted octanol–water partition coefficient (Wildman–Crippen LogP) is 5.19. The van der Waals surface area contributed by atoms with E-state index in [0.717, 1.165) is 5.56 Å². The second kappa shape index (κ2) is 8.87. The van der Waals surface area contributed by atoms with E-state index in [1.54, 1.807) is 41.8 Å². The standard InChI is InChI=1S/C22H16F2N2O3S/c23-15-5-3-14(4-6-15)12-29-16-7-8-18(19(24)10-16)22-26-20(13-30-22)21(27)25-11-17-2-1-9-28-17/h1-10,13H,11-12H2,(H,25,27). The molecule has 0 unspecified atom stereocenters. The Bertz CT molecular complexity index is 1140. The fourth-order valence-electron chi connectivity index (χ4n) is 2.68. The van der Waals surface area contributed by atoms with Gasteiger partial charge in [-0.25, -0.2) is 13.8 Å². The molecule has 0 aliphatic carbocycles. The van der Waals surface area contributed by atoms with Gasteiger partial charge in [0.15, 0.2) is 0 Å². The molecule has 4 aromatic rings. The van der Waals surface area contributed by atoms with Crippen LogP contribution in [-0.4, -0.2) is 10.9 Å². The predicted molar refractivity (Wildman–Crippen MR) is 108 cm³/mol. The number of amides is 1. The number of nitrogens with zero attached hydrogens (tertiary/aromatic N) is 1. The van der Waals surface area contributed by atoms with E-state index in [0.29, 0.717) is 16.5 Å². The summed E-state index contributed by atoms with van der Waals surface area (Å²) < 4.78 is 38.3. The lowest BCUT2D eigenvalue weighted by atomic mass is 10.2. The zero-order valence-corrected chi connectivity index (χ0v) is 16.4. The van der Waals surface area contributed by atoms with E-state index in [4.69, 9.17) is 9.15 Å². The Morgan fingerprint density at radius 1 is 1.13 bits per heavy atom. The highest BCUT2D eigenvalue weighted by Gasteiger charge is 2.15. The van der Waals surface area contributed by atoms with Gasteiger partial charge in [0, 0.05) is 17.0 Å². The van der Waals surface area contributed by atoms with Crippen molar-refractivity contribution in [3.63, 3.8) is 0 Å². The molecule has 5 nitrogen and oxygen atoms in total. The molecule has 0 spiro atoms. The minimum absolute atomic E-state index is 0.191. The van der Waals surface area contributed by atoms with Crippen molar-refractivity contribution in [1.29, 1.82) is 0 Å². The quantitative estimate of drug-likeness (QED) is 0.442. The highest BCUT2D eigenvalue weighted by Crippen LogP contribution is 2.29. The molecule has 1 amide bonds. The van der Waals surface area contributed by atoms with Crippen molar-refractivity contribution in [3.8, 4) is 16.3 Å². The molecule has 0 bridgehead atoms. The average Bonchev–Trinajstić information content (AvgIpc) is 3.44. The Labute approximate surface area is 175 Å². The largest absolute Gasteiger partial charge is 0.489 e. The lowest BCUT2D eigenvalue weighted by Gasteiger charge is -2.08. The Morgan fingerprint density at radius 2 is 1.97 bits per heavy atom. The van der Waals surface area contributed by atoms with Crippen molar-refractivity contribution in [1.82, 2.24) is 10.3 Å². The number of carbonyl (C=O) groups excluding carboxylic acids is 1. The first-order valence-corrected chi connectivity index (χ1v) is 9.90. The van der Waals surface area contributed by atoms with Crippen molar-refractivity contribution < 1.29 is 22.7 Å². The molecule has 0 aliphatic heterocycles. The van der Waals surface area contributed by atoms with Crippen LogP contribution in [-0.2, 0) is 13.2 Å². The summed E-state index contributed by atoms with van der Waals surface area (Å²) in [5, 5.41) is 4.66. The average molecular weight is 426 g/mol. The number of aromatic nitrogens is 1. The number of ether oxygens (including phenoxy) is 1. The molecule has 0 saturated heterocycles. The van der Waals surface area contributed by atoms with Crippen LogP contribution in [0.4, 0.5) is 8.78 Å². The summed E-state index contributed by atoms with van der Waals surface area (Å²) in [5.41, 5.74) is 1.25. The number of benzene rings is 2. The fourth-order valence-corrected chi connectivity index (χ4v) is 3.51. The normalized spacial score (nSPS) is 10.7. The number of hydrogen-bond acceptors (Lipinski definition) is 5. The fraction of sp³-hybridized carbons (Fsp3) is 0.0909. The van der Waals surface area contributed by atoms with Crippen molar-refractivity contribution in [3.05, 3.63) is 94.9 Å². The number of rotatable bonds is 7. The smallest absolute Gasteiger partial charge is 0.271 e. The molecule has 152 valence electrons. The molecular formula is C22H16F2N2O3S. The molecule has 30 heavy (non-hydrogen) atoms. The third-order valence-corrected chi connectivity index (χ3v) is 5.11. The zero-order chi connectivity index (χ0) is 20.9. The minimum atomic E-state index is -0.511. The number of carbonyl (C=O) groups is 1. The lowest BCUT2D eigenvalue weighted by molar-refractivity contribution is 0.0944. The van der Waals surface area contributed by atoms with Gasteiger partial charge in [0.25, 0.3) is 5.91 Å². The van der Waals surface area contributed by atoms with Crippen LogP contribution >= 0.6 is 11.3 Å². The van der Waals surface area contributed by atoms with Gasteiger partial charge in [0.05, 0.1) is 12.8 Å². The van der Waals surface area contributed by atoms with E-state index in [9.17, 15) is 13.6 Å². The maximum Gasteiger partial charge on any atom is 0.271 e. The highest BCUT2D eigenvalue weighted by molar-refractivity contribution is 7.13. The Morgan fingerprint density at radius 3 is 2.70 bits per heavy atom. The van der Waals surface area contributed by atoms with Crippen LogP contribution in [0.5, 0.6) is 5.75 Å². The molecule has 0 fully saturated rings. The molecule has 1 N–H and O–H groups in total. The second-order valence-electron chi connectivity index (χ2n) is 6.36. The van der Waals surface area contributed by atoms with E-state index in [1.807, 2.05) is 0 Å². The number of nitrogens with one attached hydrogen (secondary N) is 1. The van der Waals surface area contributed by atoms with Crippen molar-refractivity contribution in [2.75, 3.05) is 0 Å². The van der Waals surface area contributed by atoms with Crippen LogP contribution < -0.4 is 10.1 Å². The summed E-state index contributed by atoms with van der Waals surface area (Å²) in [4.78, 5) is 16.5. The van der Waals surface area contributed by atoms with Gasteiger partial charge in [-0.05, 0) is 42.0 Å². The van der Waals surface area contributed by atoms with E-state index < -0.39 is 5.82 Å². The summed E-state index contributed by atoms with van der Waals surface area (Å²) in [7, 11) is 0. The molecule has 0 atom stereocenters. The maximum absolute atomic E-state index is 14.6. The third-order valence-electron chi connectivity index (χ3n) is 4.23. The number of hydrogen-bond donors (Lipinski definition) is 1. The summed E-state index contributed by atoms with van der Waals surface area (Å²) in [6.45, 7) is 0.434. The Hall–Kier alpha value is -3.52. The first-order chi connectivity index (χ1) is 14.6. The van der Waals surface area contributed by atoms with Crippen LogP contribution in [0.3, 0.4) is 0 Å². The molecule has 0 aliphatic rings. The van der Waals surface area contributed by atoms with Gasteiger partial charge in [-0.3, -0.25) is 4.79 Å². The van der Waals surface area contributed by atoms with Crippen LogP contribution in [0.2, 0.25) is 0 Å². The number of furan rings is 1. The lowest BCUT2D eigenvalue weighted by Crippen LogP contribution is -2.22. The van der Waals surface area contributed by atoms with Gasteiger partial charge in [-0.15, -0.1) is 11.3 Å². The highest BCUT2D eigenvalue weighted by atomic mass is 32.1. The third kappa shape index (κ3) is 4.72. The van der Waals surface area contributed by atoms with Crippen LogP contribution in [0.25, 0.3) is 10.6 Å². The van der Waals surface area contributed by atoms with Gasteiger partial charge >= 0.3 is 0 Å². The van der Waals surface area contributed by atoms with Crippen molar-refractivity contribution in [2.45, 2.75) is 13.2 Å². The minimum Gasteiger partial charge on any atom is -0.489 e. The molecule has 8 heteroatoms. The number of halogens is 2. The van der Waals surface area contributed by atoms with E-state index in [-0.39, 0.29) is 36.1 Å². The SMILES string of the molecule is O=C(NCc1ccco1)c1csc(-c2ccc(OCc3ccc(F)cc3)cc2F)n1. The topological polar surface area (TPSA) is 64.4 Å². The Kier molecular flexibility index (Phi) is 5.85. The maximum atomic E-state index is 14.6. The van der Waals surface area contributed by atoms with Gasteiger partial charge in [0.1, 0.15) is 40.5 Å². The summed E-state index contributed by atoms with van der Waals surface area (Å²) in [6.07, 6.45) is 1.53. The van der Waals surface area contributed by atoms with Crippen LogP contribution in [0, 0.1) is 11.6 Å². The van der Waals surface area contributed by atoms with E-state index in [2.05, 4.69) is 10.3 Å². The molecule has 0 saturated carbocycles. The zero-order valence-electron chi connectivity index (χ0n) is 15.6. The summed E-state index contributed by atoms with van der Waals surface area (Å²) in [6, 6.07) is 13.8. The van der Waals surface area contributed by atoms with Gasteiger partial charge in [-0.2, -0.15) is 0 Å². The van der Waals surface area contributed by atoms with E-state index in [1.165, 1.54) is 35.8 Å². The van der Waals surface area contributed by atoms with Crippen molar-refractivity contribution >= 4 is 17.2 Å². The van der Waals surface area contributed by atoms with Gasteiger partial charge in [0.2, 0.25) is 0 Å². The van der Waals surface area contributed by atoms with E-state index >= 15 is 0 Å². The molecule has 2 aromatic heterocycles. The summed E-state index contributed by atoms with van der Waals surface area (Å²) >= 11 is 1.17. The molecule has 2 aromatic carbocycles. The van der Waals surface area contributed by atoms with Crippen LogP contribution in [0.1, 0.15) is 21.8 Å². The summed E-state index contributed by atoms with van der Waals surface area (Å²) in [5.74, 6) is -0.238. The van der Waals surface area contributed by atoms with Gasteiger partial charge < -0.3 is 14.5 Å². The van der Waals surface area contributed by atoms with Crippen molar-refractivity contribution in [2.24, 2.45) is 0 Å². The molecule has 4 rings (SSSR count). The van der Waals surface area contributed by atoms with Gasteiger partial charge in [-0.1, -0.05) is 12.1 Å². The first kappa shape index (κ1) is 19.8. The second-order valence-corrected chi connectivity index (χ2v) is 7.21. The molecule has 2 heterocycles. The Balaban J connectivity index is 1.40. The monoisotopic (exact) mass is 426 g/mol. The first-order valence-electron chi connectivity index (χ1n) is 9.02. The molecule has 0 radical (unpaired) electrons.